The molecule has 9 heteroatoms. The molecule has 1 atom stereocenters. The number of nitrogens with one attached hydrogen (secondary N) is 2. The molecule has 2 N–H and O–H groups in total. The number of ether oxygens (including phenoxy) is 1. The molecule has 0 saturated carbocycles. The highest BCUT2D eigenvalue weighted by Crippen LogP contribution is 2.25. The molecule has 0 aliphatic carbocycles. The average Bonchev–Trinajstić information content (AvgIpc) is 2.62. The van der Waals surface area contributed by atoms with Gasteiger partial charge in [0.1, 0.15) is 0 Å². The fourth-order valence-corrected chi connectivity index (χ4v) is 3.08. The Labute approximate surface area is 162 Å². The van der Waals surface area contributed by atoms with Gasteiger partial charge in [0.05, 0.1) is 32.2 Å². The molecular weight excluding hydrogens is 381 g/mol. The Hall–Kier alpha value is -1.51. The number of benzene rings is 1. The van der Waals surface area contributed by atoms with Crippen molar-refractivity contribution in [2.24, 2.45) is 4.99 Å². The van der Waals surface area contributed by atoms with Crippen molar-refractivity contribution in [3.63, 3.8) is 0 Å². The second-order valence-corrected chi connectivity index (χ2v) is 6.67. The summed E-state index contributed by atoms with van der Waals surface area (Å²) in [6.07, 6.45) is -5.10. The summed E-state index contributed by atoms with van der Waals surface area (Å²) in [7, 11) is 0. The van der Waals surface area contributed by atoms with Gasteiger partial charge in [0, 0.05) is 31.2 Å². The molecule has 1 aliphatic heterocycles. The van der Waals surface area contributed by atoms with Crippen molar-refractivity contribution in [2.45, 2.75) is 25.6 Å². The first kappa shape index (κ1) is 21.8. The van der Waals surface area contributed by atoms with Crippen LogP contribution in [0, 0.1) is 0 Å². The highest BCUT2D eigenvalue weighted by molar-refractivity contribution is 6.30. The Morgan fingerprint density at radius 2 is 2.04 bits per heavy atom. The molecule has 0 radical (unpaired) electrons. The van der Waals surface area contributed by atoms with Crippen molar-refractivity contribution in [3.05, 3.63) is 34.9 Å². The van der Waals surface area contributed by atoms with Crippen LogP contribution in [0.4, 0.5) is 13.2 Å². The van der Waals surface area contributed by atoms with Crippen LogP contribution in [-0.4, -0.2) is 63.0 Å². The molecule has 1 aliphatic rings. The fourth-order valence-electron chi connectivity index (χ4n) is 2.88. The zero-order valence-electron chi connectivity index (χ0n) is 15.4. The van der Waals surface area contributed by atoms with Gasteiger partial charge < -0.3 is 15.4 Å². The molecule has 27 heavy (non-hydrogen) atoms. The first-order valence-electron chi connectivity index (χ1n) is 9.05. The molecule has 0 spiro atoms. The van der Waals surface area contributed by atoms with E-state index in [0.29, 0.717) is 37.3 Å². The van der Waals surface area contributed by atoms with Crippen LogP contribution >= 0.6 is 11.6 Å². The lowest BCUT2D eigenvalue weighted by Gasteiger charge is -2.34. The molecule has 1 aromatic rings. The summed E-state index contributed by atoms with van der Waals surface area (Å²) >= 11 is 6.14. The van der Waals surface area contributed by atoms with Gasteiger partial charge in [0.15, 0.2) is 5.96 Å². The van der Waals surface area contributed by atoms with Crippen molar-refractivity contribution in [2.75, 3.05) is 45.9 Å². The second kappa shape index (κ2) is 10.7. The van der Waals surface area contributed by atoms with Crippen LogP contribution in [0.25, 0.3) is 0 Å². The van der Waals surface area contributed by atoms with Gasteiger partial charge in [-0.1, -0.05) is 23.7 Å². The van der Waals surface area contributed by atoms with Crippen LogP contribution < -0.4 is 10.6 Å². The first-order chi connectivity index (χ1) is 12.9. The summed E-state index contributed by atoms with van der Waals surface area (Å²) in [6.45, 7) is 5.45. The van der Waals surface area contributed by atoms with Crippen molar-refractivity contribution in [1.82, 2.24) is 15.5 Å². The van der Waals surface area contributed by atoms with Gasteiger partial charge in [-0.25, -0.2) is 0 Å². The molecule has 0 aromatic heterocycles. The van der Waals surface area contributed by atoms with Crippen molar-refractivity contribution >= 4 is 17.6 Å². The van der Waals surface area contributed by atoms with Crippen LogP contribution in [0.3, 0.4) is 0 Å². The summed E-state index contributed by atoms with van der Waals surface area (Å²) in [6, 6.07) is 7.58. The maximum Gasteiger partial charge on any atom is 0.390 e. The quantitative estimate of drug-likeness (QED) is 0.539. The zero-order valence-corrected chi connectivity index (χ0v) is 16.1. The minimum atomic E-state index is -4.19. The first-order valence-corrected chi connectivity index (χ1v) is 9.43. The third-order valence-electron chi connectivity index (χ3n) is 4.19. The number of nitrogens with zero attached hydrogens (tertiary/aromatic N) is 2. The summed E-state index contributed by atoms with van der Waals surface area (Å²) in [5.41, 5.74) is 1.03. The van der Waals surface area contributed by atoms with Gasteiger partial charge in [-0.15, -0.1) is 0 Å². The second-order valence-electron chi connectivity index (χ2n) is 6.23. The summed E-state index contributed by atoms with van der Waals surface area (Å²) < 4.78 is 42.6. The van der Waals surface area contributed by atoms with Crippen LogP contribution in [-0.2, 0) is 4.74 Å². The van der Waals surface area contributed by atoms with E-state index in [1.54, 1.807) is 0 Å². The maximum absolute atomic E-state index is 12.4. The van der Waals surface area contributed by atoms with E-state index in [4.69, 9.17) is 16.3 Å². The highest BCUT2D eigenvalue weighted by atomic mass is 35.5. The van der Waals surface area contributed by atoms with E-state index in [2.05, 4.69) is 20.5 Å². The van der Waals surface area contributed by atoms with Gasteiger partial charge in [-0.2, -0.15) is 13.2 Å². The largest absolute Gasteiger partial charge is 0.390 e. The Balaban J connectivity index is 2.09. The topological polar surface area (TPSA) is 48.9 Å². The van der Waals surface area contributed by atoms with E-state index in [1.807, 2.05) is 31.2 Å². The Bertz CT molecular complexity index is 607. The standard InChI is InChI=1S/C18H26ClF3N4O/c1-2-23-17(24-7-6-18(20,21)22)25-13-16(26-8-10-27-11-9-26)14-4-3-5-15(19)12-14/h3-5,12,16H,2,6-11,13H2,1H3,(H2,23,24,25). The number of hydrogen-bond donors (Lipinski definition) is 2. The third-order valence-corrected chi connectivity index (χ3v) is 4.42. The molecule has 1 unspecified atom stereocenters. The zero-order chi connectivity index (χ0) is 19.7. The van der Waals surface area contributed by atoms with E-state index in [-0.39, 0.29) is 12.6 Å². The highest BCUT2D eigenvalue weighted by Gasteiger charge is 2.26. The number of morpholine rings is 1. The van der Waals surface area contributed by atoms with Crippen LogP contribution in [0.5, 0.6) is 0 Å². The molecule has 1 saturated heterocycles. The van der Waals surface area contributed by atoms with Gasteiger partial charge in [-0.05, 0) is 24.6 Å². The fraction of sp³-hybridized carbons (Fsp3) is 0.611. The molecule has 0 bridgehead atoms. The number of guanidine groups is 1. The summed E-state index contributed by atoms with van der Waals surface area (Å²) in [5, 5.41) is 6.38. The van der Waals surface area contributed by atoms with E-state index < -0.39 is 12.6 Å². The van der Waals surface area contributed by atoms with Crippen molar-refractivity contribution in [3.8, 4) is 0 Å². The lowest BCUT2D eigenvalue weighted by molar-refractivity contribution is -0.132. The molecule has 1 heterocycles. The Kier molecular flexibility index (Phi) is 8.66. The number of aliphatic imine (C=N–C) groups is 1. The minimum Gasteiger partial charge on any atom is -0.379 e. The van der Waals surface area contributed by atoms with E-state index in [1.165, 1.54) is 0 Å². The number of halogens is 4. The van der Waals surface area contributed by atoms with Gasteiger partial charge in [-0.3, -0.25) is 9.89 Å². The van der Waals surface area contributed by atoms with Crippen LogP contribution in [0.15, 0.2) is 29.3 Å². The summed E-state index contributed by atoms with van der Waals surface area (Å²) in [5.74, 6) is 0.377. The van der Waals surface area contributed by atoms with Gasteiger partial charge >= 0.3 is 6.18 Å². The lowest BCUT2D eigenvalue weighted by atomic mass is 10.0. The predicted octanol–water partition coefficient (Wildman–Crippen LogP) is 3.22. The predicted molar refractivity (Wildman–Crippen MR) is 101 cm³/mol. The average molecular weight is 407 g/mol. The number of rotatable bonds is 7. The molecular formula is C18H26ClF3N4O. The molecule has 1 aromatic carbocycles. The smallest absolute Gasteiger partial charge is 0.379 e. The molecule has 5 nitrogen and oxygen atoms in total. The minimum absolute atomic E-state index is 0.0225. The Morgan fingerprint density at radius 1 is 1.30 bits per heavy atom. The van der Waals surface area contributed by atoms with Gasteiger partial charge in [0.25, 0.3) is 0 Å². The monoisotopic (exact) mass is 406 g/mol. The van der Waals surface area contributed by atoms with Crippen LogP contribution in [0.2, 0.25) is 5.02 Å². The van der Waals surface area contributed by atoms with E-state index in [0.717, 1.165) is 18.7 Å². The number of alkyl halides is 3. The maximum atomic E-state index is 12.4. The Morgan fingerprint density at radius 3 is 2.67 bits per heavy atom. The molecule has 1 fully saturated rings. The van der Waals surface area contributed by atoms with Crippen LogP contribution in [0.1, 0.15) is 24.9 Å². The van der Waals surface area contributed by atoms with Crippen molar-refractivity contribution in [1.29, 1.82) is 0 Å². The third kappa shape index (κ3) is 7.94. The van der Waals surface area contributed by atoms with E-state index >= 15 is 0 Å². The number of hydrogen-bond acceptors (Lipinski definition) is 3. The van der Waals surface area contributed by atoms with Gasteiger partial charge in [0.2, 0.25) is 0 Å². The molecule has 0 amide bonds. The normalized spacial score (nSPS) is 17.6. The molecule has 152 valence electrons. The molecule has 2 rings (SSSR count). The van der Waals surface area contributed by atoms with Crippen molar-refractivity contribution < 1.29 is 17.9 Å². The SMILES string of the molecule is CCNC(=NCC(c1cccc(Cl)c1)N1CCOCC1)NCCC(F)(F)F. The lowest BCUT2D eigenvalue weighted by Crippen LogP contribution is -2.42. The van der Waals surface area contributed by atoms with E-state index in [9.17, 15) is 13.2 Å². The summed E-state index contributed by atoms with van der Waals surface area (Å²) in [4.78, 5) is 6.78.